The van der Waals surface area contributed by atoms with Crippen LogP contribution in [0.2, 0.25) is 5.02 Å². The molecule has 6 heteroatoms. The molecule has 25 heavy (non-hydrogen) atoms. The Morgan fingerprint density at radius 1 is 1.00 bits per heavy atom. The molecule has 128 valence electrons. The zero-order valence-electron chi connectivity index (χ0n) is 13.8. The summed E-state index contributed by atoms with van der Waals surface area (Å²) in [6.07, 6.45) is 3.74. The van der Waals surface area contributed by atoms with E-state index in [4.69, 9.17) is 21.1 Å². The molecule has 1 amide bonds. The Bertz CT molecular complexity index is 892. The summed E-state index contributed by atoms with van der Waals surface area (Å²) in [5, 5.41) is 3.27. The molecule has 2 aromatic carbocycles. The lowest BCUT2D eigenvalue weighted by Gasteiger charge is -2.14. The second-order valence-corrected chi connectivity index (χ2v) is 5.66. The summed E-state index contributed by atoms with van der Waals surface area (Å²) < 4.78 is 12.5. The fourth-order valence-electron chi connectivity index (χ4n) is 2.52. The van der Waals surface area contributed by atoms with Gasteiger partial charge < -0.3 is 19.4 Å². The van der Waals surface area contributed by atoms with Gasteiger partial charge in [0.15, 0.2) is 0 Å². The van der Waals surface area contributed by atoms with Crippen LogP contribution < -0.4 is 14.8 Å². The number of carbonyl (C=O) groups excluding carboxylic acids is 1. The molecule has 1 aromatic heterocycles. The van der Waals surface area contributed by atoms with Gasteiger partial charge in [0.1, 0.15) is 11.5 Å². The number of anilines is 1. The monoisotopic (exact) mass is 356 g/mol. The van der Waals surface area contributed by atoms with E-state index in [0.717, 1.165) is 5.69 Å². The van der Waals surface area contributed by atoms with Gasteiger partial charge >= 0.3 is 0 Å². The van der Waals surface area contributed by atoms with E-state index in [0.29, 0.717) is 27.8 Å². The van der Waals surface area contributed by atoms with Crippen molar-refractivity contribution in [3.05, 3.63) is 71.5 Å². The maximum Gasteiger partial charge on any atom is 0.259 e. The second-order valence-electron chi connectivity index (χ2n) is 5.25. The minimum absolute atomic E-state index is 0.331. The number of hydrogen-bond acceptors (Lipinski definition) is 3. The van der Waals surface area contributed by atoms with Crippen molar-refractivity contribution in [1.82, 2.24) is 4.57 Å². The smallest absolute Gasteiger partial charge is 0.259 e. The molecule has 0 bridgehead atoms. The van der Waals surface area contributed by atoms with Crippen LogP contribution in [0, 0.1) is 0 Å². The number of nitrogens with one attached hydrogen (secondary N) is 1. The number of aromatic nitrogens is 1. The van der Waals surface area contributed by atoms with Gasteiger partial charge in [-0.1, -0.05) is 23.7 Å². The molecule has 0 spiro atoms. The molecule has 5 nitrogen and oxygen atoms in total. The fourth-order valence-corrected chi connectivity index (χ4v) is 2.78. The third kappa shape index (κ3) is 3.46. The maximum atomic E-state index is 12.7. The highest BCUT2D eigenvalue weighted by atomic mass is 35.5. The van der Waals surface area contributed by atoms with Crippen LogP contribution in [0.3, 0.4) is 0 Å². The predicted octanol–water partition coefficient (Wildman–Crippen LogP) is 4.40. The molecule has 0 aliphatic carbocycles. The number of nitrogens with zero attached hydrogens (tertiary/aromatic N) is 1. The van der Waals surface area contributed by atoms with Crippen molar-refractivity contribution < 1.29 is 14.3 Å². The van der Waals surface area contributed by atoms with Gasteiger partial charge in [0.2, 0.25) is 0 Å². The van der Waals surface area contributed by atoms with E-state index in [1.165, 1.54) is 7.11 Å². The molecule has 0 saturated carbocycles. The van der Waals surface area contributed by atoms with Gasteiger partial charge in [0.25, 0.3) is 5.91 Å². The molecule has 0 atom stereocenters. The summed E-state index contributed by atoms with van der Waals surface area (Å²) in [6, 6.07) is 14.3. The minimum atomic E-state index is -0.331. The number of rotatable bonds is 5. The first-order valence-corrected chi connectivity index (χ1v) is 7.97. The van der Waals surface area contributed by atoms with Gasteiger partial charge in [-0.25, -0.2) is 0 Å². The van der Waals surface area contributed by atoms with Crippen molar-refractivity contribution in [2.75, 3.05) is 19.5 Å². The van der Waals surface area contributed by atoms with E-state index in [9.17, 15) is 4.79 Å². The van der Waals surface area contributed by atoms with E-state index >= 15 is 0 Å². The summed E-state index contributed by atoms with van der Waals surface area (Å²) in [7, 11) is 3.07. The molecule has 1 N–H and O–H groups in total. The molecule has 0 saturated heterocycles. The van der Waals surface area contributed by atoms with E-state index < -0.39 is 0 Å². The number of hydrogen-bond donors (Lipinski definition) is 1. The molecule has 0 radical (unpaired) electrons. The molecule has 0 aliphatic rings. The Balaban J connectivity index is 1.96. The first kappa shape index (κ1) is 16.9. The van der Waals surface area contributed by atoms with Crippen LogP contribution in [0.15, 0.2) is 60.9 Å². The molecule has 3 aromatic rings. The standard InChI is InChI=1S/C19H17ClN2O3/c1-24-17-8-4-3-7-15(17)21-19(23)13-11-14(20)16(12-18(13)25-2)22-9-5-6-10-22/h3-12H,1-2H3,(H,21,23). The first-order chi connectivity index (χ1) is 12.1. The summed E-state index contributed by atoms with van der Waals surface area (Å²) in [5.74, 6) is 0.674. The molecule has 3 rings (SSSR count). The van der Waals surface area contributed by atoms with Crippen LogP contribution in [-0.2, 0) is 0 Å². The predicted molar refractivity (Wildman–Crippen MR) is 98.3 cm³/mol. The normalized spacial score (nSPS) is 10.4. The van der Waals surface area contributed by atoms with Crippen molar-refractivity contribution in [2.45, 2.75) is 0 Å². The average molecular weight is 357 g/mol. The molecular formula is C19H17ClN2O3. The molecule has 0 aliphatic heterocycles. The lowest BCUT2D eigenvalue weighted by Crippen LogP contribution is -2.14. The third-order valence-electron chi connectivity index (χ3n) is 3.75. The molecular weight excluding hydrogens is 340 g/mol. The van der Waals surface area contributed by atoms with E-state index in [1.807, 2.05) is 41.2 Å². The van der Waals surface area contributed by atoms with Crippen LogP contribution in [0.1, 0.15) is 10.4 Å². The van der Waals surface area contributed by atoms with Crippen LogP contribution in [0.5, 0.6) is 11.5 Å². The SMILES string of the molecule is COc1ccccc1NC(=O)c1cc(Cl)c(-n2cccc2)cc1OC. The Morgan fingerprint density at radius 3 is 2.36 bits per heavy atom. The first-order valence-electron chi connectivity index (χ1n) is 7.59. The van der Waals surface area contributed by atoms with Crippen molar-refractivity contribution in [2.24, 2.45) is 0 Å². The molecule has 1 heterocycles. The number of carbonyl (C=O) groups is 1. The summed E-state index contributed by atoms with van der Waals surface area (Å²) in [5.41, 5.74) is 1.65. The molecule has 0 unspecified atom stereocenters. The zero-order valence-corrected chi connectivity index (χ0v) is 14.6. The number of ether oxygens (including phenoxy) is 2. The maximum absolute atomic E-state index is 12.7. The number of para-hydroxylation sites is 2. The van der Waals surface area contributed by atoms with Crippen LogP contribution in [0.4, 0.5) is 5.69 Å². The minimum Gasteiger partial charge on any atom is -0.496 e. The number of halogens is 1. The highest BCUT2D eigenvalue weighted by Gasteiger charge is 2.18. The second kappa shape index (κ2) is 7.32. The van der Waals surface area contributed by atoms with Crippen molar-refractivity contribution >= 4 is 23.2 Å². The Kier molecular flexibility index (Phi) is 4.95. The van der Waals surface area contributed by atoms with Gasteiger partial charge in [-0.15, -0.1) is 0 Å². The zero-order chi connectivity index (χ0) is 17.8. The summed E-state index contributed by atoms with van der Waals surface area (Å²) in [6.45, 7) is 0. The lowest BCUT2D eigenvalue weighted by atomic mass is 10.1. The van der Waals surface area contributed by atoms with Gasteiger partial charge in [-0.3, -0.25) is 4.79 Å². The fraction of sp³-hybridized carbons (Fsp3) is 0.105. The average Bonchev–Trinajstić information content (AvgIpc) is 3.16. The van der Waals surface area contributed by atoms with Crippen molar-refractivity contribution in [1.29, 1.82) is 0 Å². The Hall–Kier alpha value is -2.92. The third-order valence-corrected chi connectivity index (χ3v) is 4.05. The Labute approximate surface area is 150 Å². The Morgan fingerprint density at radius 2 is 1.68 bits per heavy atom. The number of benzene rings is 2. The van der Waals surface area contributed by atoms with E-state index in [-0.39, 0.29) is 5.91 Å². The number of methoxy groups -OCH3 is 2. The van der Waals surface area contributed by atoms with Gasteiger partial charge in [-0.2, -0.15) is 0 Å². The summed E-state index contributed by atoms with van der Waals surface area (Å²) in [4.78, 5) is 12.7. The summed E-state index contributed by atoms with van der Waals surface area (Å²) >= 11 is 6.37. The van der Waals surface area contributed by atoms with Gasteiger partial charge in [-0.05, 0) is 30.3 Å². The number of amides is 1. The van der Waals surface area contributed by atoms with Crippen LogP contribution in [-0.4, -0.2) is 24.7 Å². The van der Waals surface area contributed by atoms with Crippen LogP contribution in [0.25, 0.3) is 5.69 Å². The van der Waals surface area contributed by atoms with Crippen molar-refractivity contribution in [3.8, 4) is 17.2 Å². The van der Waals surface area contributed by atoms with E-state index in [1.54, 1.807) is 31.4 Å². The highest BCUT2D eigenvalue weighted by molar-refractivity contribution is 6.33. The van der Waals surface area contributed by atoms with Crippen LogP contribution >= 0.6 is 11.6 Å². The van der Waals surface area contributed by atoms with Gasteiger partial charge in [0, 0.05) is 18.5 Å². The van der Waals surface area contributed by atoms with Gasteiger partial charge in [0.05, 0.1) is 36.2 Å². The molecule has 0 fully saturated rings. The highest BCUT2D eigenvalue weighted by Crippen LogP contribution is 2.31. The largest absolute Gasteiger partial charge is 0.496 e. The van der Waals surface area contributed by atoms with E-state index in [2.05, 4.69) is 5.32 Å². The topological polar surface area (TPSA) is 52.5 Å². The van der Waals surface area contributed by atoms with Crippen molar-refractivity contribution in [3.63, 3.8) is 0 Å². The lowest BCUT2D eigenvalue weighted by molar-refractivity contribution is 0.102. The quantitative estimate of drug-likeness (QED) is 0.737.